The van der Waals surface area contributed by atoms with Crippen molar-refractivity contribution in [3.63, 3.8) is 0 Å². The molecule has 128 valence electrons. The van der Waals surface area contributed by atoms with E-state index in [0.717, 1.165) is 5.56 Å². The molecule has 0 bridgehead atoms. The molecule has 0 saturated heterocycles. The first-order valence-electron chi connectivity index (χ1n) is 7.96. The van der Waals surface area contributed by atoms with Crippen LogP contribution in [-0.2, 0) is 11.3 Å². The van der Waals surface area contributed by atoms with E-state index in [-0.39, 0.29) is 29.1 Å². The topological polar surface area (TPSA) is 73.2 Å². The van der Waals surface area contributed by atoms with Crippen molar-refractivity contribution >= 4 is 5.91 Å². The lowest BCUT2D eigenvalue weighted by Gasteiger charge is -2.22. The zero-order valence-corrected chi connectivity index (χ0v) is 14.2. The van der Waals surface area contributed by atoms with E-state index in [2.05, 4.69) is 10.4 Å². The lowest BCUT2D eigenvalue weighted by molar-refractivity contribution is 0.0917. The number of benzene rings is 1. The summed E-state index contributed by atoms with van der Waals surface area (Å²) in [7, 11) is 1.55. The second-order valence-electron chi connectivity index (χ2n) is 5.88. The molecule has 1 aromatic carbocycles. The molecule has 1 atom stereocenters. The molecule has 0 radical (unpaired) electrons. The van der Waals surface area contributed by atoms with Gasteiger partial charge in [0, 0.05) is 13.2 Å². The van der Waals surface area contributed by atoms with Crippen LogP contribution in [0.25, 0.3) is 0 Å². The van der Waals surface area contributed by atoms with Gasteiger partial charge in [0.05, 0.1) is 19.2 Å². The van der Waals surface area contributed by atoms with Crippen LogP contribution in [0.3, 0.4) is 0 Å². The molecule has 0 spiro atoms. The number of hydrogen-bond donors (Lipinski definition) is 1. The summed E-state index contributed by atoms with van der Waals surface area (Å²) in [5.41, 5.74) is 0.993. The average Bonchev–Trinajstić information content (AvgIpc) is 2.59. The summed E-state index contributed by atoms with van der Waals surface area (Å²) in [6, 6.07) is 12.5. The minimum absolute atomic E-state index is 0.125. The third kappa shape index (κ3) is 4.52. The predicted octanol–water partition coefficient (Wildman–Crippen LogP) is 2.02. The first kappa shape index (κ1) is 17.9. The van der Waals surface area contributed by atoms with Crippen molar-refractivity contribution in [2.24, 2.45) is 5.92 Å². The molecule has 2 rings (SSSR count). The zero-order chi connectivity index (χ0) is 17.5. The first-order valence-corrected chi connectivity index (χ1v) is 7.96. The molecule has 1 aromatic heterocycles. The zero-order valence-electron chi connectivity index (χ0n) is 14.2. The smallest absolute Gasteiger partial charge is 0.272 e. The Morgan fingerprint density at radius 3 is 2.54 bits per heavy atom. The van der Waals surface area contributed by atoms with E-state index in [9.17, 15) is 9.59 Å². The molecule has 0 aliphatic heterocycles. The fraction of sp³-hybridized carbons (Fsp3) is 0.389. The third-order valence-corrected chi connectivity index (χ3v) is 3.72. The highest BCUT2D eigenvalue weighted by molar-refractivity contribution is 5.92. The van der Waals surface area contributed by atoms with Crippen LogP contribution in [0, 0.1) is 5.92 Å². The standard InChI is InChI=1S/C18H23N3O3/c1-13(2)17(14-7-5-4-6-8-14)19-18(23)15-9-10-16(22)21(20-15)11-12-24-3/h4-10,13,17H,11-12H2,1-3H3,(H,19,23)/t17-/m1/s1. The maximum Gasteiger partial charge on any atom is 0.272 e. The highest BCUT2D eigenvalue weighted by Gasteiger charge is 2.20. The number of carbonyl (C=O) groups excluding carboxylic acids is 1. The maximum absolute atomic E-state index is 12.5. The Labute approximate surface area is 141 Å². The van der Waals surface area contributed by atoms with Gasteiger partial charge in [-0.05, 0) is 17.5 Å². The van der Waals surface area contributed by atoms with E-state index in [4.69, 9.17) is 4.74 Å². The van der Waals surface area contributed by atoms with Gasteiger partial charge < -0.3 is 10.1 Å². The Kier molecular flexibility index (Phi) is 6.26. The summed E-state index contributed by atoms with van der Waals surface area (Å²) in [4.78, 5) is 24.3. The van der Waals surface area contributed by atoms with Gasteiger partial charge in [0.25, 0.3) is 11.5 Å². The van der Waals surface area contributed by atoms with Gasteiger partial charge in [-0.1, -0.05) is 44.2 Å². The predicted molar refractivity (Wildman–Crippen MR) is 91.9 cm³/mol. The van der Waals surface area contributed by atoms with Gasteiger partial charge >= 0.3 is 0 Å². The van der Waals surface area contributed by atoms with Gasteiger partial charge in [0.1, 0.15) is 5.69 Å². The Morgan fingerprint density at radius 2 is 1.92 bits per heavy atom. The third-order valence-electron chi connectivity index (χ3n) is 3.72. The van der Waals surface area contributed by atoms with Gasteiger partial charge in [-0.3, -0.25) is 9.59 Å². The van der Waals surface area contributed by atoms with Gasteiger partial charge in [-0.2, -0.15) is 5.10 Å². The van der Waals surface area contributed by atoms with Crippen LogP contribution < -0.4 is 10.9 Å². The summed E-state index contributed by atoms with van der Waals surface area (Å²) >= 11 is 0. The number of carbonyl (C=O) groups is 1. The summed E-state index contributed by atoms with van der Waals surface area (Å²) in [5.74, 6) is -0.0838. The van der Waals surface area contributed by atoms with Crippen molar-refractivity contribution in [3.8, 4) is 0 Å². The molecule has 6 heteroatoms. The Morgan fingerprint density at radius 1 is 1.21 bits per heavy atom. The molecule has 6 nitrogen and oxygen atoms in total. The summed E-state index contributed by atoms with van der Waals surface area (Å²) in [6.07, 6.45) is 0. The monoisotopic (exact) mass is 329 g/mol. The van der Waals surface area contributed by atoms with Crippen molar-refractivity contribution in [3.05, 3.63) is 64.1 Å². The molecule has 0 unspecified atom stereocenters. The number of nitrogens with zero attached hydrogens (tertiary/aromatic N) is 2. The molecule has 0 aliphatic rings. The molecule has 2 aromatic rings. The van der Waals surface area contributed by atoms with Crippen LogP contribution in [0.5, 0.6) is 0 Å². The fourth-order valence-corrected chi connectivity index (χ4v) is 2.42. The van der Waals surface area contributed by atoms with Crippen LogP contribution in [0.1, 0.15) is 35.9 Å². The van der Waals surface area contributed by atoms with Crippen molar-refractivity contribution in [1.29, 1.82) is 0 Å². The highest BCUT2D eigenvalue weighted by atomic mass is 16.5. The van der Waals surface area contributed by atoms with Gasteiger partial charge in [0.15, 0.2) is 0 Å². The average molecular weight is 329 g/mol. The molecule has 1 N–H and O–H groups in total. The quantitative estimate of drug-likeness (QED) is 0.843. The number of nitrogens with one attached hydrogen (secondary N) is 1. The Balaban J connectivity index is 2.20. The molecular formula is C18H23N3O3. The van der Waals surface area contributed by atoms with Gasteiger partial charge in [-0.15, -0.1) is 0 Å². The lowest BCUT2D eigenvalue weighted by atomic mass is 9.96. The minimum atomic E-state index is -0.302. The Bertz CT molecular complexity index is 726. The second-order valence-corrected chi connectivity index (χ2v) is 5.88. The first-order chi connectivity index (χ1) is 11.5. The van der Waals surface area contributed by atoms with Crippen LogP contribution in [0.2, 0.25) is 0 Å². The van der Waals surface area contributed by atoms with E-state index in [1.807, 2.05) is 44.2 Å². The van der Waals surface area contributed by atoms with Crippen molar-refractivity contribution in [2.45, 2.75) is 26.4 Å². The molecule has 1 heterocycles. The normalized spacial score (nSPS) is 12.2. The van der Waals surface area contributed by atoms with Crippen molar-refractivity contribution in [1.82, 2.24) is 15.1 Å². The number of methoxy groups -OCH3 is 1. The maximum atomic E-state index is 12.5. The van der Waals surface area contributed by atoms with Crippen LogP contribution in [-0.4, -0.2) is 29.4 Å². The summed E-state index contributed by atoms with van der Waals surface area (Å²) in [6.45, 7) is 4.76. The molecule has 1 amide bonds. The van der Waals surface area contributed by atoms with Gasteiger partial charge in [-0.25, -0.2) is 4.68 Å². The van der Waals surface area contributed by atoms with E-state index in [1.165, 1.54) is 16.8 Å². The van der Waals surface area contributed by atoms with Gasteiger partial charge in [0.2, 0.25) is 0 Å². The van der Waals surface area contributed by atoms with Crippen molar-refractivity contribution < 1.29 is 9.53 Å². The Hall–Kier alpha value is -2.47. The molecule has 24 heavy (non-hydrogen) atoms. The molecule has 0 aliphatic carbocycles. The summed E-state index contributed by atoms with van der Waals surface area (Å²) in [5, 5.41) is 7.13. The second kappa shape index (κ2) is 8.40. The number of amides is 1. The van der Waals surface area contributed by atoms with Crippen LogP contribution >= 0.6 is 0 Å². The number of aromatic nitrogens is 2. The fourth-order valence-electron chi connectivity index (χ4n) is 2.42. The lowest BCUT2D eigenvalue weighted by Crippen LogP contribution is -2.34. The summed E-state index contributed by atoms with van der Waals surface area (Å²) < 4.78 is 6.20. The molecule has 0 fully saturated rings. The van der Waals surface area contributed by atoms with E-state index < -0.39 is 0 Å². The number of hydrogen-bond acceptors (Lipinski definition) is 4. The number of ether oxygens (including phenoxy) is 1. The minimum Gasteiger partial charge on any atom is -0.383 e. The van der Waals surface area contributed by atoms with E-state index in [1.54, 1.807) is 7.11 Å². The van der Waals surface area contributed by atoms with Crippen LogP contribution in [0.4, 0.5) is 0 Å². The highest BCUT2D eigenvalue weighted by Crippen LogP contribution is 2.21. The molecule has 0 saturated carbocycles. The van der Waals surface area contributed by atoms with E-state index in [0.29, 0.717) is 13.2 Å². The van der Waals surface area contributed by atoms with Crippen molar-refractivity contribution in [2.75, 3.05) is 13.7 Å². The largest absolute Gasteiger partial charge is 0.383 e. The number of rotatable bonds is 7. The SMILES string of the molecule is COCCn1nc(C(=O)N[C@@H](c2ccccc2)C(C)C)ccc1=O. The molecular weight excluding hydrogens is 306 g/mol. The van der Waals surface area contributed by atoms with E-state index >= 15 is 0 Å². The van der Waals surface area contributed by atoms with Crippen LogP contribution in [0.15, 0.2) is 47.3 Å².